The van der Waals surface area contributed by atoms with Crippen molar-refractivity contribution >= 4 is 28.7 Å². The van der Waals surface area contributed by atoms with Crippen LogP contribution in [0.3, 0.4) is 0 Å². The number of halogens is 1. The molecule has 3 rings (SSSR count). The van der Waals surface area contributed by atoms with Crippen molar-refractivity contribution in [3.63, 3.8) is 0 Å². The highest BCUT2D eigenvalue weighted by Crippen LogP contribution is 2.41. The molecule has 2 N–H and O–H groups in total. The van der Waals surface area contributed by atoms with E-state index in [9.17, 15) is 15.0 Å². The summed E-state index contributed by atoms with van der Waals surface area (Å²) >= 11 is 6.80. The number of carboxylic acids is 1. The summed E-state index contributed by atoms with van der Waals surface area (Å²) in [5.74, 6) is -0.726. The molecule has 0 aromatic heterocycles. The summed E-state index contributed by atoms with van der Waals surface area (Å²) in [6.07, 6.45) is 6.94. The molecule has 0 saturated heterocycles. The normalized spacial score (nSPS) is 15.2. The van der Waals surface area contributed by atoms with E-state index >= 15 is 0 Å². The van der Waals surface area contributed by atoms with E-state index in [2.05, 4.69) is 0 Å². The molecule has 1 aliphatic rings. The second-order valence-corrected chi connectivity index (χ2v) is 9.33. The lowest BCUT2D eigenvalue weighted by molar-refractivity contribution is -0.131. The lowest BCUT2D eigenvalue weighted by Gasteiger charge is -2.25. The summed E-state index contributed by atoms with van der Waals surface area (Å²) in [5, 5.41) is 19.7. The first-order chi connectivity index (χ1) is 14.2. The second-order valence-electron chi connectivity index (χ2n) is 8.93. The van der Waals surface area contributed by atoms with Crippen molar-refractivity contribution < 1.29 is 15.0 Å². The number of hydrogen-bond donors (Lipinski definition) is 2. The smallest absolute Gasteiger partial charge is 0.328 e. The van der Waals surface area contributed by atoms with Gasteiger partial charge in [-0.3, -0.25) is 0 Å². The number of benzene rings is 2. The third-order valence-corrected chi connectivity index (χ3v) is 5.90. The summed E-state index contributed by atoms with van der Waals surface area (Å²) < 4.78 is 0. The molecular weight excluding hydrogens is 396 g/mol. The van der Waals surface area contributed by atoms with Crippen LogP contribution in [0.15, 0.2) is 54.1 Å². The van der Waals surface area contributed by atoms with E-state index in [0.29, 0.717) is 5.02 Å². The first kappa shape index (κ1) is 22.2. The predicted molar refractivity (Wildman–Crippen MR) is 124 cm³/mol. The van der Waals surface area contributed by atoms with Gasteiger partial charge in [-0.25, -0.2) is 4.79 Å². The van der Waals surface area contributed by atoms with Gasteiger partial charge < -0.3 is 10.2 Å². The van der Waals surface area contributed by atoms with Crippen LogP contribution in [-0.4, -0.2) is 16.2 Å². The van der Waals surface area contributed by atoms with Crippen LogP contribution in [0.1, 0.15) is 69.6 Å². The maximum absolute atomic E-state index is 11.4. The Kier molecular flexibility index (Phi) is 6.72. The van der Waals surface area contributed by atoms with Gasteiger partial charge in [0.25, 0.3) is 0 Å². The molecule has 0 bridgehead atoms. The molecule has 0 heterocycles. The number of phenols is 1. The summed E-state index contributed by atoms with van der Waals surface area (Å²) in [6.45, 7) is 5.99. The fraction of sp³-hybridized carbons (Fsp3) is 0.346. The average molecular weight is 425 g/mol. The van der Waals surface area contributed by atoms with Crippen molar-refractivity contribution in [3.8, 4) is 5.75 Å². The van der Waals surface area contributed by atoms with E-state index in [-0.39, 0.29) is 11.2 Å². The molecule has 0 atom stereocenters. The molecule has 158 valence electrons. The van der Waals surface area contributed by atoms with Gasteiger partial charge in [-0.15, -0.1) is 0 Å². The fourth-order valence-electron chi connectivity index (χ4n) is 4.15. The molecule has 2 aromatic carbocycles. The maximum Gasteiger partial charge on any atom is 0.328 e. The first-order valence-corrected chi connectivity index (χ1v) is 10.8. The molecule has 1 aliphatic carbocycles. The molecule has 1 fully saturated rings. The van der Waals surface area contributed by atoms with E-state index in [0.717, 1.165) is 40.7 Å². The van der Waals surface area contributed by atoms with Crippen molar-refractivity contribution in [2.24, 2.45) is 5.41 Å². The summed E-state index contributed by atoms with van der Waals surface area (Å²) in [7, 11) is 0. The van der Waals surface area contributed by atoms with Gasteiger partial charge in [-0.2, -0.15) is 0 Å². The Bertz CT molecular complexity index is 984. The second kappa shape index (κ2) is 9.09. The predicted octanol–water partition coefficient (Wildman–Crippen LogP) is 7.33. The number of carbonyl (C=O) groups is 1. The Morgan fingerprint density at radius 1 is 0.967 bits per heavy atom. The Hall–Kier alpha value is -2.52. The molecule has 0 aliphatic heterocycles. The van der Waals surface area contributed by atoms with Gasteiger partial charge in [0, 0.05) is 16.7 Å². The van der Waals surface area contributed by atoms with E-state index in [1.165, 1.54) is 30.9 Å². The quantitative estimate of drug-likeness (QED) is 0.505. The molecule has 3 nitrogen and oxygen atoms in total. The van der Waals surface area contributed by atoms with Crippen molar-refractivity contribution in [1.29, 1.82) is 0 Å². The summed E-state index contributed by atoms with van der Waals surface area (Å²) in [4.78, 5) is 11.4. The van der Waals surface area contributed by atoms with Crippen molar-refractivity contribution in [3.05, 3.63) is 75.8 Å². The summed E-state index contributed by atoms with van der Waals surface area (Å²) in [5.41, 5.74) is 5.73. The van der Waals surface area contributed by atoms with Crippen LogP contribution in [0.2, 0.25) is 5.02 Å². The third-order valence-electron chi connectivity index (χ3n) is 5.59. The minimum atomic E-state index is -0.964. The van der Waals surface area contributed by atoms with Gasteiger partial charge in [0.1, 0.15) is 5.75 Å². The SMILES string of the molecule is CC(C)(C)/C(=C\C(=O)O)c1ccc(C(=C2CCCCC2)c2ccc(O)cc2)c(Cl)c1. The average Bonchev–Trinajstić information content (AvgIpc) is 2.69. The maximum atomic E-state index is 11.4. The zero-order valence-corrected chi connectivity index (χ0v) is 18.6. The highest BCUT2D eigenvalue weighted by atomic mass is 35.5. The van der Waals surface area contributed by atoms with Gasteiger partial charge in [0.2, 0.25) is 0 Å². The van der Waals surface area contributed by atoms with Crippen molar-refractivity contribution in [2.45, 2.75) is 52.9 Å². The van der Waals surface area contributed by atoms with Crippen LogP contribution in [-0.2, 0) is 4.79 Å². The molecule has 0 spiro atoms. The third kappa shape index (κ3) is 5.14. The van der Waals surface area contributed by atoms with E-state index < -0.39 is 5.97 Å². The number of hydrogen-bond acceptors (Lipinski definition) is 2. The van der Waals surface area contributed by atoms with Gasteiger partial charge >= 0.3 is 5.97 Å². The van der Waals surface area contributed by atoms with E-state index in [1.54, 1.807) is 12.1 Å². The van der Waals surface area contributed by atoms with Gasteiger partial charge in [-0.05, 0) is 71.6 Å². The van der Waals surface area contributed by atoms with Crippen LogP contribution >= 0.6 is 11.6 Å². The number of carboxylic acid groups (broad SMARTS) is 1. The lowest BCUT2D eigenvalue weighted by atomic mass is 9.80. The Labute approximate surface area is 183 Å². The standard InChI is InChI=1S/C26H29ClO3/c1-26(2,3)22(16-24(29)30)19-11-14-21(23(27)15-19)25(17-7-5-4-6-8-17)18-9-12-20(28)13-10-18/h9-16,28H,4-8H2,1-3H3,(H,29,30)/b22-16-. The lowest BCUT2D eigenvalue weighted by Crippen LogP contribution is -2.10. The highest BCUT2D eigenvalue weighted by molar-refractivity contribution is 6.32. The highest BCUT2D eigenvalue weighted by Gasteiger charge is 2.22. The Morgan fingerprint density at radius 3 is 2.10 bits per heavy atom. The number of phenolic OH excluding ortho intramolecular Hbond substituents is 1. The number of rotatable bonds is 4. The van der Waals surface area contributed by atoms with Crippen LogP contribution in [0, 0.1) is 5.41 Å². The topological polar surface area (TPSA) is 57.5 Å². The zero-order valence-electron chi connectivity index (χ0n) is 17.8. The minimum Gasteiger partial charge on any atom is -0.508 e. The Balaban J connectivity index is 2.14. The number of aromatic hydroxyl groups is 1. The van der Waals surface area contributed by atoms with E-state index in [4.69, 9.17) is 11.6 Å². The van der Waals surface area contributed by atoms with Crippen LogP contribution in [0.5, 0.6) is 5.75 Å². The molecule has 0 unspecified atom stereocenters. The van der Waals surface area contributed by atoms with Gasteiger partial charge in [0.05, 0.1) is 0 Å². The zero-order chi connectivity index (χ0) is 21.9. The minimum absolute atomic E-state index is 0.238. The number of allylic oxidation sites excluding steroid dienone is 2. The Morgan fingerprint density at radius 2 is 1.57 bits per heavy atom. The number of aliphatic carboxylic acids is 1. The molecule has 30 heavy (non-hydrogen) atoms. The van der Waals surface area contributed by atoms with Crippen LogP contribution in [0.25, 0.3) is 11.1 Å². The largest absolute Gasteiger partial charge is 0.508 e. The molecule has 4 heteroatoms. The summed E-state index contributed by atoms with van der Waals surface area (Å²) in [6, 6.07) is 13.1. The molecule has 0 amide bonds. The van der Waals surface area contributed by atoms with E-state index in [1.807, 2.05) is 51.1 Å². The first-order valence-electron chi connectivity index (χ1n) is 10.4. The fourth-order valence-corrected chi connectivity index (χ4v) is 4.42. The van der Waals surface area contributed by atoms with Crippen molar-refractivity contribution in [2.75, 3.05) is 0 Å². The molecular formula is C26H29ClO3. The monoisotopic (exact) mass is 424 g/mol. The molecule has 2 aromatic rings. The van der Waals surface area contributed by atoms with Crippen LogP contribution in [0.4, 0.5) is 0 Å². The van der Waals surface area contributed by atoms with Gasteiger partial charge in [0.15, 0.2) is 0 Å². The van der Waals surface area contributed by atoms with Crippen LogP contribution < -0.4 is 0 Å². The molecule has 1 saturated carbocycles. The van der Waals surface area contributed by atoms with Crippen molar-refractivity contribution in [1.82, 2.24) is 0 Å². The molecule has 0 radical (unpaired) electrons. The van der Waals surface area contributed by atoms with Gasteiger partial charge in [-0.1, -0.05) is 68.6 Å².